The van der Waals surface area contributed by atoms with Crippen LogP contribution in [0.25, 0.3) is 11.1 Å². The van der Waals surface area contributed by atoms with Crippen LogP contribution in [-0.2, 0) is 9.59 Å². The van der Waals surface area contributed by atoms with E-state index in [4.69, 9.17) is 21.0 Å². The smallest absolute Gasteiger partial charge is 0.304 e. The number of hydrogen-bond donors (Lipinski definition) is 3. The fourth-order valence-electron chi connectivity index (χ4n) is 3.96. The van der Waals surface area contributed by atoms with Gasteiger partial charge in [-0.15, -0.1) is 0 Å². The van der Waals surface area contributed by atoms with E-state index in [0.29, 0.717) is 30.9 Å². The molecule has 170 valence electrons. The monoisotopic (exact) mass is 455 g/mol. The van der Waals surface area contributed by atoms with Gasteiger partial charge in [0.1, 0.15) is 18.2 Å². The molecule has 2 aromatic carbocycles. The van der Waals surface area contributed by atoms with Crippen molar-refractivity contribution in [1.82, 2.24) is 4.90 Å². The predicted octanol–water partition coefficient (Wildman–Crippen LogP) is 3.46. The third kappa shape index (κ3) is 6.03. The number of hydrogen-bond acceptors (Lipinski definition) is 5. The number of carbonyl (C=O) groups is 2. The molecule has 1 aliphatic rings. The molecule has 0 radical (unpaired) electrons. The molecule has 1 fully saturated rings. The molecule has 0 aromatic heterocycles. The fourth-order valence-corrected chi connectivity index (χ4v) is 4.38. The molecule has 3 rings (SSSR count). The first kappa shape index (κ1) is 23.7. The first-order valence-electron chi connectivity index (χ1n) is 10.6. The number of likely N-dealkylation sites (tertiary alicyclic amines) is 1. The Balaban J connectivity index is 1.62. The molecule has 4 N–H and O–H groups in total. The second kappa shape index (κ2) is 11.0. The van der Waals surface area contributed by atoms with Crippen LogP contribution in [0.15, 0.2) is 48.5 Å². The SMILES string of the molecule is CSCCCN1C(=O)[C@H](CC(=O)O)C[C@H]1COc1ccc(-c2ccc(C(=N)N)cc2)cc1. The van der Waals surface area contributed by atoms with Crippen LogP contribution in [0.1, 0.15) is 24.8 Å². The third-order valence-corrected chi connectivity index (χ3v) is 6.32. The number of thioether (sulfide) groups is 1. The van der Waals surface area contributed by atoms with Crippen molar-refractivity contribution < 1.29 is 19.4 Å². The highest BCUT2D eigenvalue weighted by atomic mass is 32.2. The van der Waals surface area contributed by atoms with Gasteiger partial charge in [0.2, 0.25) is 5.91 Å². The molecule has 0 unspecified atom stereocenters. The lowest BCUT2D eigenvalue weighted by molar-refractivity contribution is -0.142. The number of ether oxygens (including phenoxy) is 1. The summed E-state index contributed by atoms with van der Waals surface area (Å²) in [6.45, 7) is 0.965. The van der Waals surface area contributed by atoms with Gasteiger partial charge >= 0.3 is 5.97 Å². The predicted molar refractivity (Wildman–Crippen MR) is 127 cm³/mol. The fraction of sp³-hybridized carbons (Fsp3) is 0.375. The Morgan fingerprint density at radius 2 is 1.81 bits per heavy atom. The van der Waals surface area contributed by atoms with E-state index < -0.39 is 11.9 Å². The molecule has 1 aliphatic heterocycles. The van der Waals surface area contributed by atoms with Crippen LogP contribution in [-0.4, -0.2) is 58.9 Å². The maximum Gasteiger partial charge on any atom is 0.304 e. The zero-order valence-electron chi connectivity index (χ0n) is 18.1. The lowest BCUT2D eigenvalue weighted by Gasteiger charge is -2.25. The molecular formula is C24H29N3O4S. The minimum absolute atomic E-state index is 0.0405. The topological polar surface area (TPSA) is 117 Å². The van der Waals surface area contributed by atoms with Crippen molar-refractivity contribution in [2.75, 3.05) is 25.2 Å². The van der Waals surface area contributed by atoms with Gasteiger partial charge in [-0.2, -0.15) is 11.8 Å². The zero-order valence-corrected chi connectivity index (χ0v) is 18.9. The van der Waals surface area contributed by atoms with Crippen molar-refractivity contribution in [3.63, 3.8) is 0 Å². The Bertz CT molecular complexity index is 947. The molecule has 2 aromatic rings. The van der Waals surface area contributed by atoms with Crippen LogP contribution in [0.2, 0.25) is 0 Å². The van der Waals surface area contributed by atoms with Crippen molar-refractivity contribution in [3.8, 4) is 16.9 Å². The number of amides is 1. The van der Waals surface area contributed by atoms with Gasteiger partial charge in [-0.1, -0.05) is 36.4 Å². The van der Waals surface area contributed by atoms with E-state index >= 15 is 0 Å². The Morgan fingerprint density at radius 1 is 1.19 bits per heavy atom. The maximum atomic E-state index is 12.7. The van der Waals surface area contributed by atoms with E-state index in [1.807, 2.05) is 54.8 Å². The Labute approximate surface area is 192 Å². The first-order chi connectivity index (χ1) is 15.4. The van der Waals surface area contributed by atoms with Crippen molar-refractivity contribution in [1.29, 1.82) is 5.41 Å². The Morgan fingerprint density at radius 3 is 2.38 bits per heavy atom. The second-order valence-electron chi connectivity index (χ2n) is 7.89. The van der Waals surface area contributed by atoms with Crippen molar-refractivity contribution in [2.45, 2.75) is 25.3 Å². The molecule has 0 aliphatic carbocycles. The normalized spacial score (nSPS) is 18.0. The van der Waals surface area contributed by atoms with Gasteiger partial charge in [0.25, 0.3) is 0 Å². The molecule has 8 heteroatoms. The highest BCUT2D eigenvalue weighted by Crippen LogP contribution is 2.29. The number of carbonyl (C=O) groups excluding carboxylic acids is 1. The number of benzene rings is 2. The molecule has 0 bridgehead atoms. The van der Waals surface area contributed by atoms with Gasteiger partial charge in [0.15, 0.2) is 0 Å². The highest BCUT2D eigenvalue weighted by molar-refractivity contribution is 7.98. The van der Waals surface area contributed by atoms with Crippen LogP contribution in [0.5, 0.6) is 5.75 Å². The molecule has 1 heterocycles. The van der Waals surface area contributed by atoms with Crippen molar-refractivity contribution in [3.05, 3.63) is 54.1 Å². The maximum absolute atomic E-state index is 12.7. The van der Waals surface area contributed by atoms with Crippen LogP contribution in [0.4, 0.5) is 0 Å². The quantitative estimate of drug-likeness (QED) is 0.271. The number of amidine groups is 1. The molecule has 0 saturated carbocycles. The summed E-state index contributed by atoms with van der Waals surface area (Å²) in [5.41, 5.74) is 8.22. The summed E-state index contributed by atoms with van der Waals surface area (Å²) in [5, 5.41) is 16.6. The third-order valence-electron chi connectivity index (χ3n) is 5.62. The standard InChI is InChI=1S/C24H29N3O4S/c1-32-12-2-11-27-20(13-19(24(27)30)14-22(28)29)15-31-21-9-7-17(8-10-21)16-3-5-18(6-4-16)23(25)26/h3-10,19-20H,2,11-15H2,1H3,(H3,25,26)(H,28,29)/t19-,20-/m0/s1. The van der Waals surface area contributed by atoms with Gasteiger partial charge in [0, 0.05) is 12.1 Å². The lowest BCUT2D eigenvalue weighted by atomic mass is 10.0. The zero-order chi connectivity index (χ0) is 23.1. The van der Waals surface area contributed by atoms with Crippen LogP contribution >= 0.6 is 11.8 Å². The summed E-state index contributed by atoms with van der Waals surface area (Å²) in [6.07, 6.45) is 3.28. The number of nitrogens with two attached hydrogens (primary N) is 1. The summed E-state index contributed by atoms with van der Waals surface area (Å²) in [6, 6.07) is 15.1. The van der Waals surface area contributed by atoms with E-state index in [1.54, 1.807) is 16.7 Å². The molecule has 1 amide bonds. The molecule has 1 saturated heterocycles. The molecule has 2 atom stereocenters. The van der Waals surface area contributed by atoms with E-state index in [1.165, 1.54) is 0 Å². The highest BCUT2D eigenvalue weighted by Gasteiger charge is 2.40. The average molecular weight is 456 g/mol. The van der Waals surface area contributed by atoms with Crippen LogP contribution in [0.3, 0.4) is 0 Å². The van der Waals surface area contributed by atoms with E-state index in [0.717, 1.165) is 23.3 Å². The number of rotatable bonds is 11. The minimum Gasteiger partial charge on any atom is -0.491 e. The van der Waals surface area contributed by atoms with Crippen LogP contribution < -0.4 is 10.5 Å². The average Bonchev–Trinajstić information content (AvgIpc) is 3.07. The summed E-state index contributed by atoms with van der Waals surface area (Å²) < 4.78 is 5.98. The van der Waals surface area contributed by atoms with Crippen LogP contribution in [0, 0.1) is 11.3 Å². The van der Waals surface area contributed by atoms with Gasteiger partial charge < -0.3 is 20.5 Å². The number of aliphatic carboxylic acids is 1. The summed E-state index contributed by atoms with van der Waals surface area (Å²) in [4.78, 5) is 25.6. The second-order valence-corrected chi connectivity index (χ2v) is 8.87. The van der Waals surface area contributed by atoms with Gasteiger partial charge in [0.05, 0.1) is 18.4 Å². The van der Waals surface area contributed by atoms with E-state index in [2.05, 4.69) is 0 Å². The van der Waals surface area contributed by atoms with Crippen molar-refractivity contribution >= 4 is 29.5 Å². The van der Waals surface area contributed by atoms with Gasteiger partial charge in [-0.3, -0.25) is 15.0 Å². The molecule has 32 heavy (non-hydrogen) atoms. The van der Waals surface area contributed by atoms with Gasteiger partial charge in [-0.05, 0) is 48.1 Å². The van der Waals surface area contributed by atoms with E-state index in [9.17, 15) is 9.59 Å². The molecular weight excluding hydrogens is 426 g/mol. The number of nitrogen functional groups attached to an aromatic ring is 1. The summed E-state index contributed by atoms with van der Waals surface area (Å²) in [7, 11) is 0. The molecule has 7 nitrogen and oxygen atoms in total. The van der Waals surface area contributed by atoms with Gasteiger partial charge in [-0.25, -0.2) is 0 Å². The van der Waals surface area contributed by atoms with E-state index in [-0.39, 0.29) is 24.2 Å². The number of carboxylic acids is 1. The molecule has 0 spiro atoms. The minimum atomic E-state index is -0.944. The lowest BCUT2D eigenvalue weighted by Crippen LogP contribution is -2.38. The Kier molecular flexibility index (Phi) is 8.16. The number of carboxylic acid groups (broad SMARTS) is 1. The summed E-state index contributed by atoms with van der Waals surface area (Å²) in [5.74, 6) is 0.199. The summed E-state index contributed by atoms with van der Waals surface area (Å²) >= 11 is 1.73. The Hall–Kier alpha value is -3.00. The number of nitrogens with one attached hydrogen (secondary N) is 1. The largest absolute Gasteiger partial charge is 0.491 e. The van der Waals surface area contributed by atoms with Crippen molar-refractivity contribution in [2.24, 2.45) is 11.7 Å². The first-order valence-corrected chi connectivity index (χ1v) is 12.0. The number of nitrogens with zero attached hydrogens (tertiary/aromatic N) is 1.